The van der Waals surface area contributed by atoms with Crippen molar-refractivity contribution in [2.45, 2.75) is 32.4 Å². The van der Waals surface area contributed by atoms with Crippen LogP contribution in [0.2, 0.25) is 0 Å². The molecule has 3 heterocycles. The third kappa shape index (κ3) is 2.50. The number of benzene rings is 2. The number of aromatic amines is 1. The summed E-state index contributed by atoms with van der Waals surface area (Å²) in [7, 11) is 0. The Kier molecular flexibility index (Phi) is 3.78. The fourth-order valence-electron chi connectivity index (χ4n) is 4.59. The van der Waals surface area contributed by atoms with Crippen LogP contribution in [0.1, 0.15) is 28.0 Å². The third-order valence-electron chi connectivity index (χ3n) is 6.18. The summed E-state index contributed by atoms with van der Waals surface area (Å²) >= 11 is 0. The number of carbonyl (C=O) groups excluding carboxylic acids is 2. The molecular formula is C22H19F2N3O2. The van der Waals surface area contributed by atoms with Gasteiger partial charge >= 0.3 is 0 Å². The second-order valence-electron chi connectivity index (χ2n) is 7.77. The molecular weight excluding hydrogens is 376 g/mol. The number of anilines is 1. The Balaban J connectivity index is 1.46. The van der Waals surface area contributed by atoms with E-state index in [2.05, 4.69) is 4.98 Å². The Morgan fingerprint density at radius 1 is 1.14 bits per heavy atom. The average molecular weight is 395 g/mol. The Labute approximate surface area is 165 Å². The maximum absolute atomic E-state index is 13.6. The molecule has 0 spiro atoms. The number of fused-ring (bicyclic) bond motifs is 3. The number of para-hydroxylation sites is 1. The molecule has 7 heteroatoms. The number of nitrogens with one attached hydrogen (secondary N) is 1. The number of amides is 2. The predicted molar refractivity (Wildman–Crippen MR) is 105 cm³/mol. The normalized spacial score (nSPS) is 20.9. The largest absolute Gasteiger partial charge is 0.358 e. The topological polar surface area (TPSA) is 56.4 Å². The van der Waals surface area contributed by atoms with Crippen LogP contribution in [0, 0.1) is 25.5 Å². The molecule has 0 radical (unpaired) electrons. The standard InChI is InChI=1S/C22H19F2N3O2/c1-11-12(2)25-20-15(11)4-3-5-16(20)21(28)26-10-14-9-19(26)22(29)27(14)13-6-7-17(23)18(24)8-13/h3-8,14,19,25H,9-10H2,1-2H3/t14-,19-/m0/s1. The van der Waals surface area contributed by atoms with Crippen molar-refractivity contribution in [1.82, 2.24) is 9.88 Å². The second-order valence-corrected chi connectivity index (χ2v) is 7.77. The van der Waals surface area contributed by atoms with E-state index in [0.29, 0.717) is 24.2 Å². The molecule has 2 fully saturated rings. The van der Waals surface area contributed by atoms with Crippen molar-refractivity contribution < 1.29 is 18.4 Å². The highest BCUT2D eigenvalue weighted by molar-refractivity contribution is 6.10. The average Bonchev–Trinajstić information content (AvgIpc) is 3.35. The molecule has 5 rings (SSSR count). The van der Waals surface area contributed by atoms with Crippen molar-refractivity contribution in [2.24, 2.45) is 0 Å². The predicted octanol–water partition coefficient (Wildman–Crippen LogP) is 3.69. The first kappa shape index (κ1) is 17.8. The molecule has 2 atom stereocenters. The van der Waals surface area contributed by atoms with Gasteiger partial charge in [-0.05, 0) is 44.0 Å². The van der Waals surface area contributed by atoms with Gasteiger partial charge in [-0.3, -0.25) is 9.59 Å². The van der Waals surface area contributed by atoms with E-state index in [-0.39, 0.29) is 17.9 Å². The molecule has 0 unspecified atom stereocenters. The monoisotopic (exact) mass is 395 g/mol. The summed E-state index contributed by atoms with van der Waals surface area (Å²) in [5.74, 6) is -2.39. The molecule has 29 heavy (non-hydrogen) atoms. The van der Waals surface area contributed by atoms with Crippen molar-refractivity contribution in [3.05, 3.63) is 64.9 Å². The summed E-state index contributed by atoms with van der Waals surface area (Å²) in [5, 5.41) is 0.993. The first-order valence-corrected chi connectivity index (χ1v) is 9.54. The number of aryl methyl sites for hydroxylation is 2. The number of hydrogen-bond donors (Lipinski definition) is 1. The third-order valence-corrected chi connectivity index (χ3v) is 6.18. The van der Waals surface area contributed by atoms with Crippen molar-refractivity contribution in [2.75, 3.05) is 11.4 Å². The van der Waals surface area contributed by atoms with Crippen LogP contribution in [0.4, 0.5) is 14.5 Å². The summed E-state index contributed by atoms with van der Waals surface area (Å²) in [6.45, 7) is 4.33. The van der Waals surface area contributed by atoms with Gasteiger partial charge in [-0.2, -0.15) is 0 Å². The molecule has 2 bridgehead atoms. The SMILES string of the molecule is Cc1[nH]c2c(C(=O)N3C[C@@H]4C[C@H]3C(=O)N4c3ccc(F)c(F)c3)cccc2c1C. The number of H-pyrrole nitrogens is 1. The quantitative estimate of drug-likeness (QED) is 0.720. The first-order chi connectivity index (χ1) is 13.9. The number of carbonyl (C=O) groups is 2. The molecule has 0 aliphatic carbocycles. The lowest BCUT2D eigenvalue weighted by Gasteiger charge is -2.34. The van der Waals surface area contributed by atoms with Gasteiger partial charge in [0.25, 0.3) is 5.91 Å². The van der Waals surface area contributed by atoms with Crippen molar-refractivity contribution in [1.29, 1.82) is 0 Å². The summed E-state index contributed by atoms with van der Waals surface area (Å²) < 4.78 is 26.9. The Morgan fingerprint density at radius 2 is 1.93 bits per heavy atom. The molecule has 2 aromatic carbocycles. The van der Waals surface area contributed by atoms with Crippen LogP contribution in [0.15, 0.2) is 36.4 Å². The number of hydrogen-bond acceptors (Lipinski definition) is 2. The zero-order valence-corrected chi connectivity index (χ0v) is 16.0. The van der Waals surface area contributed by atoms with Crippen LogP contribution in [0.5, 0.6) is 0 Å². The van der Waals surface area contributed by atoms with Crippen molar-refractivity contribution in [3.63, 3.8) is 0 Å². The van der Waals surface area contributed by atoms with E-state index in [9.17, 15) is 18.4 Å². The van der Waals surface area contributed by atoms with E-state index in [0.717, 1.165) is 34.3 Å². The zero-order chi connectivity index (χ0) is 20.4. The minimum atomic E-state index is -0.991. The summed E-state index contributed by atoms with van der Waals surface area (Å²) in [6.07, 6.45) is 0.488. The van der Waals surface area contributed by atoms with E-state index < -0.39 is 17.7 Å². The smallest absolute Gasteiger partial charge is 0.256 e. The highest BCUT2D eigenvalue weighted by Gasteiger charge is 2.52. The first-order valence-electron chi connectivity index (χ1n) is 9.54. The lowest BCUT2D eigenvalue weighted by Crippen LogP contribution is -2.52. The zero-order valence-electron chi connectivity index (χ0n) is 16.0. The van der Waals surface area contributed by atoms with Gasteiger partial charge in [0.1, 0.15) is 6.04 Å². The molecule has 2 amide bonds. The van der Waals surface area contributed by atoms with Gasteiger partial charge < -0.3 is 14.8 Å². The lowest BCUT2D eigenvalue weighted by atomic mass is 10.1. The number of rotatable bonds is 2. The molecule has 1 aromatic heterocycles. The fraction of sp³-hybridized carbons (Fsp3) is 0.273. The highest BCUT2D eigenvalue weighted by Crippen LogP contribution is 2.37. The molecule has 2 aliphatic rings. The molecule has 0 saturated carbocycles. The highest BCUT2D eigenvalue weighted by atomic mass is 19.2. The van der Waals surface area contributed by atoms with Crippen LogP contribution in [0.25, 0.3) is 10.9 Å². The van der Waals surface area contributed by atoms with Crippen molar-refractivity contribution >= 4 is 28.4 Å². The van der Waals surface area contributed by atoms with E-state index >= 15 is 0 Å². The molecule has 3 aromatic rings. The summed E-state index contributed by atoms with van der Waals surface area (Å²) in [6, 6.07) is 8.20. The van der Waals surface area contributed by atoms with Crippen LogP contribution >= 0.6 is 0 Å². The van der Waals surface area contributed by atoms with Gasteiger partial charge in [-0.15, -0.1) is 0 Å². The minimum Gasteiger partial charge on any atom is -0.358 e. The Bertz CT molecular complexity index is 1190. The molecule has 2 saturated heterocycles. The van der Waals surface area contributed by atoms with Crippen molar-refractivity contribution in [3.8, 4) is 0 Å². The lowest BCUT2D eigenvalue weighted by molar-refractivity contribution is -0.121. The van der Waals surface area contributed by atoms with E-state index in [1.807, 2.05) is 26.0 Å². The second kappa shape index (κ2) is 6.14. The van der Waals surface area contributed by atoms with Crippen LogP contribution in [0.3, 0.4) is 0 Å². The van der Waals surface area contributed by atoms with Gasteiger partial charge in [0.15, 0.2) is 11.6 Å². The minimum absolute atomic E-state index is 0.192. The summed E-state index contributed by atoms with van der Waals surface area (Å²) in [4.78, 5) is 32.6. The Morgan fingerprint density at radius 3 is 2.66 bits per heavy atom. The number of halogens is 2. The molecule has 148 valence electrons. The molecule has 1 N–H and O–H groups in total. The Hall–Kier alpha value is -3.22. The van der Waals surface area contributed by atoms with Gasteiger partial charge in [-0.25, -0.2) is 8.78 Å². The molecule has 5 nitrogen and oxygen atoms in total. The number of likely N-dealkylation sites (tertiary alicyclic amines) is 1. The van der Waals surface area contributed by atoms with Crippen LogP contribution in [-0.4, -0.2) is 40.3 Å². The van der Waals surface area contributed by atoms with Crippen LogP contribution < -0.4 is 4.90 Å². The number of piperazine rings is 1. The number of nitrogens with zero attached hydrogens (tertiary/aromatic N) is 2. The molecule has 2 aliphatic heterocycles. The van der Waals surface area contributed by atoms with Gasteiger partial charge in [-0.1, -0.05) is 12.1 Å². The number of aromatic nitrogens is 1. The van der Waals surface area contributed by atoms with E-state index in [1.165, 1.54) is 11.0 Å². The summed E-state index contributed by atoms with van der Waals surface area (Å²) in [5.41, 5.74) is 3.74. The van der Waals surface area contributed by atoms with Gasteiger partial charge in [0.2, 0.25) is 5.91 Å². The van der Waals surface area contributed by atoms with E-state index in [4.69, 9.17) is 0 Å². The van der Waals surface area contributed by atoms with Crippen LogP contribution in [-0.2, 0) is 4.79 Å². The maximum atomic E-state index is 13.6. The van der Waals surface area contributed by atoms with Gasteiger partial charge in [0.05, 0.1) is 17.1 Å². The van der Waals surface area contributed by atoms with E-state index in [1.54, 1.807) is 11.0 Å². The van der Waals surface area contributed by atoms with Gasteiger partial charge in [0, 0.05) is 29.4 Å². The fourth-order valence-corrected chi connectivity index (χ4v) is 4.59. The maximum Gasteiger partial charge on any atom is 0.256 e.